The summed E-state index contributed by atoms with van der Waals surface area (Å²) in [4.78, 5) is 42.3. The first kappa shape index (κ1) is 22.3. The standard InChI is InChI=1S/C22H27FN2O4/c1-6-18(26)25(12-16-8-10-17(23)11-9-16)15(5)21(27)19-13(3)20(24-14(19)4)22(28)29-7-2/h8-11,15,24H,6-7,12H2,1-5H3/t15-/m1/s1. The Hall–Kier alpha value is -2.96. The summed E-state index contributed by atoms with van der Waals surface area (Å²) in [6, 6.07) is 5.07. The molecule has 1 aromatic carbocycles. The van der Waals surface area contributed by atoms with E-state index in [1.807, 2.05) is 0 Å². The SMILES string of the molecule is CCOC(=O)c1[nH]c(C)c(C(=O)[C@@H](C)N(Cc2ccc(F)cc2)C(=O)CC)c1C. The number of ether oxygens (including phenoxy) is 1. The highest BCUT2D eigenvalue weighted by Gasteiger charge is 2.30. The summed E-state index contributed by atoms with van der Waals surface area (Å²) in [5.41, 5.74) is 2.40. The summed E-state index contributed by atoms with van der Waals surface area (Å²) >= 11 is 0. The third kappa shape index (κ3) is 4.91. The largest absolute Gasteiger partial charge is 0.461 e. The molecule has 7 heteroatoms. The molecule has 1 N–H and O–H groups in total. The van der Waals surface area contributed by atoms with Crippen LogP contribution in [0, 0.1) is 19.7 Å². The fourth-order valence-electron chi connectivity index (χ4n) is 3.31. The summed E-state index contributed by atoms with van der Waals surface area (Å²) in [6.07, 6.45) is 0.234. The minimum Gasteiger partial charge on any atom is -0.461 e. The molecule has 2 aromatic rings. The van der Waals surface area contributed by atoms with E-state index >= 15 is 0 Å². The number of aromatic amines is 1. The molecule has 0 saturated heterocycles. The number of carbonyl (C=O) groups is 3. The van der Waals surface area contributed by atoms with Crippen molar-refractivity contribution in [3.63, 3.8) is 0 Å². The lowest BCUT2D eigenvalue weighted by Gasteiger charge is -2.28. The Kier molecular flexibility index (Phi) is 7.31. The van der Waals surface area contributed by atoms with Crippen molar-refractivity contribution in [3.8, 4) is 0 Å². The number of nitrogens with one attached hydrogen (secondary N) is 1. The number of esters is 1. The summed E-state index contributed by atoms with van der Waals surface area (Å²) in [6.45, 7) is 8.90. The molecule has 29 heavy (non-hydrogen) atoms. The van der Waals surface area contributed by atoms with Crippen LogP contribution in [0.2, 0.25) is 0 Å². The predicted molar refractivity (Wildman–Crippen MR) is 107 cm³/mol. The van der Waals surface area contributed by atoms with Crippen molar-refractivity contribution in [1.82, 2.24) is 9.88 Å². The van der Waals surface area contributed by atoms with E-state index in [2.05, 4.69) is 4.98 Å². The van der Waals surface area contributed by atoms with Crippen molar-refractivity contribution in [1.29, 1.82) is 0 Å². The van der Waals surface area contributed by atoms with Crippen LogP contribution in [-0.4, -0.2) is 40.2 Å². The maximum absolute atomic E-state index is 13.3. The minimum atomic E-state index is -0.754. The van der Waals surface area contributed by atoms with Crippen molar-refractivity contribution < 1.29 is 23.5 Å². The van der Waals surface area contributed by atoms with E-state index in [-0.39, 0.29) is 42.8 Å². The number of hydrogen-bond acceptors (Lipinski definition) is 4. The summed E-state index contributed by atoms with van der Waals surface area (Å²) in [7, 11) is 0. The molecular weight excluding hydrogens is 375 g/mol. The Morgan fingerprint density at radius 3 is 2.31 bits per heavy atom. The van der Waals surface area contributed by atoms with Gasteiger partial charge >= 0.3 is 5.97 Å². The molecule has 2 rings (SSSR count). The molecule has 0 radical (unpaired) electrons. The van der Waals surface area contributed by atoms with Crippen LogP contribution in [0.15, 0.2) is 24.3 Å². The molecule has 0 fully saturated rings. The van der Waals surface area contributed by atoms with E-state index in [9.17, 15) is 18.8 Å². The highest BCUT2D eigenvalue weighted by atomic mass is 19.1. The Morgan fingerprint density at radius 2 is 1.76 bits per heavy atom. The Labute approximate surface area is 170 Å². The second-order valence-electron chi connectivity index (χ2n) is 6.89. The van der Waals surface area contributed by atoms with E-state index in [1.165, 1.54) is 17.0 Å². The zero-order valence-electron chi connectivity index (χ0n) is 17.5. The van der Waals surface area contributed by atoms with E-state index in [0.29, 0.717) is 16.8 Å². The van der Waals surface area contributed by atoms with Gasteiger partial charge in [-0.1, -0.05) is 19.1 Å². The predicted octanol–water partition coefficient (Wildman–Crippen LogP) is 3.96. The number of aromatic nitrogens is 1. The maximum atomic E-state index is 13.3. The van der Waals surface area contributed by atoms with E-state index in [1.54, 1.807) is 46.8 Å². The number of benzene rings is 1. The molecule has 1 atom stereocenters. The molecule has 0 bridgehead atoms. The zero-order valence-corrected chi connectivity index (χ0v) is 17.5. The molecule has 0 aliphatic rings. The fourth-order valence-corrected chi connectivity index (χ4v) is 3.31. The third-order valence-corrected chi connectivity index (χ3v) is 4.90. The number of ketones is 1. The van der Waals surface area contributed by atoms with Gasteiger partial charge in [0.25, 0.3) is 0 Å². The second kappa shape index (κ2) is 9.49. The van der Waals surface area contributed by atoms with E-state index in [4.69, 9.17) is 4.74 Å². The average Bonchev–Trinajstić information content (AvgIpc) is 3.00. The summed E-state index contributed by atoms with van der Waals surface area (Å²) in [5.74, 6) is -1.34. The smallest absolute Gasteiger partial charge is 0.355 e. The zero-order chi connectivity index (χ0) is 21.7. The van der Waals surface area contributed by atoms with E-state index < -0.39 is 12.0 Å². The fraction of sp³-hybridized carbons (Fsp3) is 0.409. The van der Waals surface area contributed by atoms with Gasteiger partial charge in [-0.25, -0.2) is 9.18 Å². The van der Waals surface area contributed by atoms with Gasteiger partial charge in [0, 0.05) is 24.2 Å². The first-order chi connectivity index (χ1) is 13.7. The number of amides is 1. The number of nitrogens with zero attached hydrogens (tertiary/aromatic N) is 1. The number of carbonyl (C=O) groups excluding carboxylic acids is 3. The monoisotopic (exact) mass is 402 g/mol. The normalized spacial score (nSPS) is 11.8. The van der Waals surface area contributed by atoms with Gasteiger partial charge in [-0.2, -0.15) is 0 Å². The number of halogens is 1. The lowest BCUT2D eigenvalue weighted by atomic mass is 9.99. The van der Waals surface area contributed by atoms with Gasteiger partial charge in [0.1, 0.15) is 11.5 Å². The van der Waals surface area contributed by atoms with Crippen molar-refractivity contribution in [2.45, 2.75) is 53.6 Å². The van der Waals surface area contributed by atoms with Gasteiger partial charge in [-0.3, -0.25) is 9.59 Å². The van der Waals surface area contributed by atoms with Crippen LogP contribution in [0.4, 0.5) is 4.39 Å². The molecule has 1 heterocycles. The molecule has 6 nitrogen and oxygen atoms in total. The van der Waals surface area contributed by atoms with Gasteiger partial charge in [0.2, 0.25) is 5.91 Å². The van der Waals surface area contributed by atoms with Gasteiger partial charge in [0.05, 0.1) is 12.6 Å². The summed E-state index contributed by atoms with van der Waals surface area (Å²) in [5, 5.41) is 0. The first-order valence-electron chi connectivity index (χ1n) is 9.65. The van der Waals surface area contributed by atoms with Crippen LogP contribution in [0.1, 0.15) is 64.9 Å². The van der Waals surface area contributed by atoms with Crippen molar-refractivity contribution in [2.24, 2.45) is 0 Å². The Bertz CT molecular complexity index is 902. The Balaban J connectivity index is 2.35. The van der Waals surface area contributed by atoms with E-state index in [0.717, 1.165) is 5.56 Å². The number of hydrogen-bond donors (Lipinski definition) is 1. The first-order valence-corrected chi connectivity index (χ1v) is 9.65. The molecule has 0 spiro atoms. The van der Waals surface area contributed by atoms with Gasteiger partial charge < -0.3 is 14.6 Å². The Morgan fingerprint density at radius 1 is 1.14 bits per heavy atom. The highest BCUT2D eigenvalue weighted by Crippen LogP contribution is 2.23. The topological polar surface area (TPSA) is 79.5 Å². The van der Waals surface area contributed by atoms with Crippen molar-refractivity contribution >= 4 is 17.7 Å². The lowest BCUT2D eigenvalue weighted by molar-refractivity contribution is -0.132. The lowest BCUT2D eigenvalue weighted by Crippen LogP contribution is -2.42. The van der Waals surface area contributed by atoms with Gasteiger partial charge in [-0.05, 0) is 51.0 Å². The maximum Gasteiger partial charge on any atom is 0.355 e. The van der Waals surface area contributed by atoms with Crippen molar-refractivity contribution in [3.05, 3.63) is 58.2 Å². The third-order valence-electron chi connectivity index (χ3n) is 4.90. The van der Waals surface area contributed by atoms with Crippen LogP contribution >= 0.6 is 0 Å². The van der Waals surface area contributed by atoms with Crippen LogP contribution in [0.25, 0.3) is 0 Å². The average molecular weight is 402 g/mol. The second-order valence-corrected chi connectivity index (χ2v) is 6.89. The number of aryl methyl sites for hydroxylation is 1. The highest BCUT2D eigenvalue weighted by molar-refractivity contribution is 6.06. The molecule has 1 aromatic heterocycles. The minimum absolute atomic E-state index is 0.188. The summed E-state index contributed by atoms with van der Waals surface area (Å²) < 4.78 is 18.2. The number of Topliss-reactive ketones (excluding diaryl/α,β-unsaturated/α-hetero) is 1. The molecule has 0 unspecified atom stereocenters. The molecule has 1 amide bonds. The molecule has 0 aliphatic carbocycles. The van der Waals surface area contributed by atoms with Gasteiger partial charge in [-0.15, -0.1) is 0 Å². The molecule has 0 saturated carbocycles. The van der Waals surface area contributed by atoms with Gasteiger partial charge in [0.15, 0.2) is 5.78 Å². The number of H-pyrrole nitrogens is 1. The van der Waals surface area contributed by atoms with Crippen LogP contribution in [0.5, 0.6) is 0 Å². The molecule has 156 valence electrons. The number of rotatable bonds is 8. The van der Waals surface area contributed by atoms with Crippen molar-refractivity contribution in [2.75, 3.05) is 6.61 Å². The van der Waals surface area contributed by atoms with Crippen LogP contribution in [-0.2, 0) is 16.1 Å². The molecular formula is C22H27FN2O4. The van der Waals surface area contributed by atoms with Crippen LogP contribution in [0.3, 0.4) is 0 Å². The quantitative estimate of drug-likeness (QED) is 0.535. The molecule has 0 aliphatic heterocycles. The van der Waals surface area contributed by atoms with Crippen LogP contribution < -0.4 is 0 Å².